The topological polar surface area (TPSA) is 104 Å². The molecule has 0 aliphatic rings. The lowest BCUT2D eigenvalue weighted by Crippen LogP contribution is -2.26. The average molecular weight is 162 g/mol. The molecule has 0 rings (SSSR count). The van der Waals surface area contributed by atoms with Crippen LogP contribution >= 0.6 is 0 Å². The first-order valence-corrected chi connectivity index (χ1v) is 2.61. The zero-order valence-electron chi connectivity index (χ0n) is 6.27. The molecule has 4 N–H and O–H groups in total. The average Bonchev–Trinajstić information content (AvgIpc) is 1.87. The zero-order valence-corrected chi connectivity index (χ0v) is 6.27. The Kier molecular flexibility index (Phi) is 4.37. The smallest absolute Gasteiger partial charge is 0.329 e. The van der Waals surface area contributed by atoms with Gasteiger partial charge in [0.15, 0.2) is 0 Å². The van der Waals surface area contributed by atoms with Gasteiger partial charge in [0.1, 0.15) is 14.2 Å². The van der Waals surface area contributed by atoms with Gasteiger partial charge in [0.2, 0.25) is 0 Å². The molecule has 0 radical (unpaired) electrons. The van der Waals surface area contributed by atoms with Gasteiger partial charge < -0.3 is 25.9 Å². The van der Waals surface area contributed by atoms with Gasteiger partial charge in [-0.05, 0) is 10.3 Å². The van der Waals surface area contributed by atoms with E-state index in [9.17, 15) is 0 Å². The quantitative estimate of drug-likeness (QED) is 0.300. The molecule has 0 aliphatic carbocycles. The second kappa shape index (κ2) is 5.15. The Labute approximate surface area is 63.6 Å². The number of amidine groups is 2. The Morgan fingerprint density at radius 1 is 1.00 bits per heavy atom. The van der Waals surface area contributed by atoms with Gasteiger partial charge in [-0.1, -0.05) is 0 Å². The molecule has 0 aromatic carbocycles. The maximum Gasteiger partial charge on any atom is 0.329 e. The third-order valence-electron chi connectivity index (χ3n) is 0.572. The summed E-state index contributed by atoms with van der Waals surface area (Å²) < 4.78 is 4.54. The summed E-state index contributed by atoms with van der Waals surface area (Å²) in [5.41, 5.74) is 10.2. The van der Waals surface area contributed by atoms with Crippen LogP contribution in [0.25, 0.3) is 0 Å². The fourth-order valence-electron chi connectivity index (χ4n) is 0.324. The van der Waals surface area contributed by atoms with Crippen LogP contribution in [-0.4, -0.2) is 26.3 Å². The summed E-state index contributed by atoms with van der Waals surface area (Å²) >= 11 is 0. The summed E-state index contributed by atoms with van der Waals surface area (Å²) in [5.74, 6) is 0. The molecule has 0 bridgehead atoms. The molecule has 0 saturated carbocycles. The van der Waals surface area contributed by atoms with E-state index in [1.807, 2.05) is 0 Å². The van der Waals surface area contributed by atoms with E-state index < -0.39 is 0 Å². The molecule has 0 aromatic heterocycles. The second-order valence-corrected chi connectivity index (χ2v) is 1.33. The summed E-state index contributed by atoms with van der Waals surface area (Å²) in [5, 5.41) is 6.41. The number of hydrogen-bond donors (Lipinski definition) is 2. The van der Waals surface area contributed by atoms with Crippen LogP contribution in [0.1, 0.15) is 0 Å². The summed E-state index contributed by atoms with van der Waals surface area (Å²) in [6, 6.07) is -0.489. The van der Waals surface area contributed by atoms with Crippen molar-refractivity contribution in [3.63, 3.8) is 0 Å². The molecule has 0 amide bonds. The number of rotatable bonds is 2. The van der Waals surface area contributed by atoms with Crippen molar-refractivity contribution in [1.29, 1.82) is 0 Å². The minimum Gasteiger partial charge on any atom is -0.395 e. The van der Waals surface area contributed by atoms with E-state index in [-0.39, 0.29) is 12.0 Å². The number of hydrogen-bond acceptors (Lipinski definition) is 5. The SMILES string of the molecule is CON=C(N)OC(N)=NOC. The largest absolute Gasteiger partial charge is 0.395 e. The summed E-state index contributed by atoms with van der Waals surface area (Å²) in [6.07, 6.45) is 0. The van der Waals surface area contributed by atoms with E-state index in [0.717, 1.165) is 0 Å². The summed E-state index contributed by atoms with van der Waals surface area (Å²) in [6.45, 7) is 0. The van der Waals surface area contributed by atoms with Gasteiger partial charge in [-0.2, -0.15) is 0 Å². The highest BCUT2D eigenvalue weighted by molar-refractivity contribution is 5.86. The number of oxime groups is 2. The monoisotopic (exact) mass is 162 g/mol. The molecule has 0 unspecified atom stereocenters. The first kappa shape index (κ1) is 9.34. The molecule has 0 fully saturated rings. The lowest BCUT2D eigenvalue weighted by Gasteiger charge is -1.99. The van der Waals surface area contributed by atoms with Crippen LogP contribution in [0, 0.1) is 0 Å². The Bertz CT molecular complexity index is 149. The van der Waals surface area contributed by atoms with Crippen LogP contribution in [0.3, 0.4) is 0 Å². The highest BCUT2D eigenvalue weighted by atomic mass is 16.7. The number of nitrogens with zero attached hydrogens (tertiary/aromatic N) is 2. The van der Waals surface area contributed by atoms with Crippen LogP contribution < -0.4 is 11.5 Å². The normalized spacial score (nSPS) is 12.5. The van der Waals surface area contributed by atoms with Crippen LogP contribution in [-0.2, 0) is 14.4 Å². The first-order chi connectivity index (χ1) is 5.20. The van der Waals surface area contributed by atoms with Crippen molar-refractivity contribution in [3.05, 3.63) is 0 Å². The molecule has 7 heteroatoms. The van der Waals surface area contributed by atoms with E-state index in [4.69, 9.17) is 11.5 Å². The minimum absolute atomic E-state index is 0.245. The highest BCUT2D eigenvalue weighted by Crippen LogP contribution is 1.78. The van der Waals surface area contributed by atoms with Gasteiger partial charge >= 0.3 is 12.0 Å². The summed E-state index contributed by atoms with van der Waals surface area (Å²) in [4.78, 5) is 8.54. The van der Waals surface area contributed by atoms with E-state index >= 15 is 0 Å². The maximum absolute atomic E-state index is 5.10. The first-order valence-electron chi connectivity index (χ1n) is 2.61. The molecule has 0 spiro atoms. The van der Waals surface area contributed by atoms with Crippen molar-refractivity contribution in [2.45, 2.75) is 0 Å². The number of nitrogens with two attached hydrogens (primary N) is 2. The Morgan fingerprint density at radius 2 is 1.36 bits per heavy atom. The third kappa shape index (κ3) is 4.82. The van der Waals surface area contributed by atoms with Crippen LogP contribution in [0.2, 0.25) is 0 Å². The van der Waals surface area contributed by atoms with Crippen LogP contribution in [0.5, 0.6) is 0 Å². The molecule has 7 nitrogen and oxygen atoms in total. The predicted molar refractivity (Wildman–Crippen MR) is 38.3 cm³/mol. The lowest BCUT2D eigenvalue weighted by molar-refractivity contribution is 0.194. The predicted octanol–water partition coefficient (Wildman–Crippen LogP) is -1.24. The van der Waals surface area contributed by atoms with Crippen molar-refractivity contribution in [2.24, 2.45) is 21.8 Å². The molecule has 0 saturated heterocycles. The molecule has 0 aromatic rings. The van der Waals surface area contributed by atoms with Crippen molar-refractivity contribution in [3.8, 4) is 0 Å². The van der Waals surface area contributed by atoms with Gasteiger partial charge in [-0.25, -0.2) is 0 Å². The molecule has 0 heterocycles. The summed E-state index contributed by atoms with van der Waals surface area (Å²) in [7, 11) is 2.64. The van der Waals surface area contributed by atoms with E-state index in [1.165, 1.54) is 14.2 Å². The number of ether oxygens (including phenoxy) is 1. The standard InChI is InChI=1S/C4H10N4O3/c1-9-7-3(5)11-4(6)8-10-2/h1-2H3,(H2,5,7)(H2,6,8). The molecule has 0 atom stereocenters. The third-order valence-corrected chi connectivity index (χ3v) is 0.572. The second-order valence-electron chi connectivity index (χ2n) is 1.33. The van der Waals surface area contributed by atoms with Gasteiger partial charge in [0.25, 0.3) is 0 Å². The zero-order chi connectivity index (χ0) is 8.69. The molecular weight excluding hydrogens is 152 g/mol. The molecule has 64 valence electrons. The lowest BCUT2D eigenvalue weighted by atomic mass is 11.1. The van der Waals surface area contributed by atoms with E-state index in [2.05, 4.69) is 24.7 Å². The van der Waals surface area contributed by atoms with Crippen molar-refractivity contribution < 1.29 is 14.4 Å². The maximum atomic E-state index is 5.10. The highest BCUT2D eigenvalue weighted by Gasteiger charge is 1.97. The van der Waals surface area contributed by atoms with Crippen LogP contribution in [0.4, 0.5) is 0 Å². The van der Waals surface area contributed by atoms with Crippen molar-refractivity contribution in [1.82, 2.24) is 0 Å². The Morgan fingerprint density at radius 3 is 1.64 bits per heavy atom. The fourth-order valence-corrected chi connectivity index (χ4v) is 0.324. The van der Waals surface area contributed by atoms with E-state index in [0.29, 0.717) is 0 Å². The van der Waals surface area contributed by atoms with Gasteiger partial charge in [0, 0.05) is 0 Å². The Balaban J connectivity index is 3.84. The van der Waals surface area contributed by atoms with Crippen molar-refractivity contribution >= 4 is 12.0 Å². The van der Waals surface area contributed by atoms with Crippen molar-refractivity contribution in [2.75, 3.05) is 14.2 Å². The van der Waals surface area contributed by atoms with E-state index in [1.54, 1.807) is 0 Å². The minimum atomic E-state index is -0.245. The molecule has 0 aliphatic heterocycles. The van der Waals surface area contributed by atoms with Gasteiger partial charge in [0.05, 0.1) is 0 Å². The fraction of sp³-hybridized carbons (Fsp3) is 0.500. The van der Waals surface area contributed by atoms with Gasteiger partial charge in [-0.3, -0.25) is 0 Å². The Hall–Kier alpha value is -1.66. The molecule has 11 heavy (non-hydrogen) atoms. The molecular formula is C4H10N4O3. The van der Waals surface area contributed by atoms with Crippen LogP contribution in [0.15, 0.2) is 10.3 Å². The van der Waals surface area contributed by atoms with Gasteiger partial charge in [-0.15, -0.1) is 0 Å².